The van der Waals surface area contributed by atoms with Crippen LogP contribution in [0.25, 0.3) is 0 Å². The van der Waals surface area contributed by atoms with Gasteiger partial charge in [-0.3, -0.25) is 0 Å². The third-order valence-corrected chi connectivity index (χ3v) is 2.79. The third kappa shape index (κ3) is 2.57. The summed E-state index contributed by atoms with van der Waals surface area (Å²) >= 11 is 0. The molecule has 104 valence electrons. The van der Waals surface area contributed by atoms with Crippen molar-refractivity contribution in [2.24, 2.45) is 5.84 Å². The van der Waals surface area contributed by atoms with E-state index in [1.54, 1.807) is 13.0 Å². The standard InChI is InChI=1S/C13H14N4O3/c1-8-15-12(17-14)5-13(16-8)18-6-9-2-3-10-11(4-9)20-7-19-10/h2-5H,6-7,14H2,1H3,(H,15,16,17). The summed E-state index contributed by atoms with van der Waals surface area (Å²) in [5.74, 6) is 8.37. The zero-order valence-corrected chi connectivity index (χ0v) is 10.9. The fraction of sp³-hybridized carbons (Fsp3) is 0.231. The molecule has 0 aliphatic carbocycles. The predicted molar refractivity (Wildman–Crippen MR) is 71.5 cm³/mol. The Hall–Kier alpha value is -2.54. The van der Waals surface area contributed by atoms with Crippen molar-refractivity contribution in [3.05, 3.63) is 35.7 Å². The largest absolute Gasteiger partial charge is 0.473 e. The molecule has 0 radical (unpaired) electrons. The molecule has 0 spiro atoms. The van der Waals surface area contributed by atoms with E-state index >= 15 is 0 Å². The van der Waals surface area contributed by atoms with Crippen molar-refractivity contribution in [1.82, 2.24) is 9.97 Å². The molecular formula is C13H14N4O3. The van der Waals surface area contributed by atoms with Crippen LogP contribution < -0.4 is 25.5 Å². The van der Waals surface area contributed by atoms with Crippen molar-refractivity contribution >= 4 is 5.82 Å². The van der Waals surface area contributed by atoms with Crippen molar-refractivity contribution < 1.29 is 14.2 Å². The van der Waals surface area contributed by atoms with Gasteiger partial charge in [0, 0.05) is 6.07 Å². The smallest absolute Gasteiger partial charge is 0.231 e. The van der Waals surface area contributed by atoms with Gasteiger partial charge in [-0.25, -0.2) is 10.8 Å². The van der Waals surface area contributed by atoms with Crippen LogP contribution in [0.4, 0.5) is 5.82 Å². The molecule has 3 rings (SSSR count). The van der Waals surface area contributed by atoms with E-state index in [9.17, 15) is 0 Å². The van der Waals surface area contributed by atoms with Crippen LogP contribution in [0.2, 0.25) is 0 Å². The lowest BCUT2D eigenvalue weighted by molar-refractivity contribution is 0.174. The summed E-state index contributed by atoms with van der Waals surface area (Å²) in [4.78, 5) is 8.28. The molecule has 20 heavy (non-hydrogen) atoms. The highest BCUT2D eigenvalue weighted by atomic mass is 16.7. The number of nitrogens with zero attached hydrogens (tertiary/aromatic N) is 2. The van der Waals surface area contributed by atoms with Gasteiger partial charge in [-0.15, -0.1) is 0 Å². The van der Waals surface area contributed by atoms with Gasteiger partial charge in [-0.05, 0) is 24.6 Å². The van der Waals surface area contributed by atoms with Gasteiger partial charge >= 0.3 is 0 Å². The molecule has 0 bridgehead atoms. The summed E-state index contributed by atoms with van der Waals surface area (Å²) in [5, 5.41) is 0. The normalized spacial score (nSPS) is 12.3. The molecule has 1 aromatic carbocycles. The quantitative estimate of drug-likeness (QED) is 0.642. The molecule has 2 aromatic rings. The van der Waals surface area contributed by atoms with Crippen LogP contribution in [0.3, 0.4) is 0 Å². The molecule has 7 heteroatoms. The summed E-state index contributed by atoms with van der Waals surface area (Å²) in [5.41, 5.74) is 3.44. The number of aryl methyl sites for hydroxylation is 1. The summed E-state index contributed by atoms with van der Waals surface area (Å²) in [6.07, 6.45) is 0. The second-order valence-corrected chi connectivity index (χ2v) is 4.26. The van der Waals surface area contributed by atoms with Crippen LogP contribution in [0.15, 0.2) is 24.3 Å². The zero-order valence-electron chi connectivity index (χ0n) is 10.9. The molecule has 2 heterocycles. The first kappa shape index (κ1) is 12.5. The lowest BCUT2D eigenvalue weighted by Gasteiger charge is -2.08. The maximum Gasteiger partial charge on any atom is 0.231 e. The highest BCUT2D eigenvalue weighted by molar-refractivity contribution is 5.44. The van der Waals surface area contributed by atoms with Gasteiger partial charge in [0.1, 0.15) is 18.2 Å². The molecular weight excluding hydrogens is 260 g/mol. The van der Waals surface area contributed by atoms with Crippen molar-refractivity contribution in [3.63, 3.8) is 0 Å². The second-order valence-electron chi connectivity index (χ2n) is 4.26. The van der Waals surface area contributed by atoms with Crippen molar-refractivity contribution in [1.29, 1.82) is 0 Å². The molecule has 7 nitrogen and oxygen atoms in total. The first-order valence-corrected chi connectivity index (χ1v) is 6.08. The van der Waals surface area contributed by atoms with Crippen molar-refractivity contribution in [3.8, 4) is 17.4 Å². The average molecular weight is 274 g/mol. The van der Waals surface area contributed by atoms with E-state index in [2.05, 4.69) is 15.4 Å². The summed E-state index contributed by atoms with van der Waals surface area (Å²) in [7, 11) is 0. The van der Waals surface area contributed by atoms with Crippen LogP contribution >= 0.6 is 0 Å². The molecule has 0 saturated heterocycles. The Morgan fingerprint density at radius 3 is 2.95 bits per heavy atom. The SMILES string of the molecule is Cc1nc(NN)cc(OCc2ccc3c(c2)OCO3)n1. The Morgan fingerprint density at radius 2 is 2.10 bits per heavy atom. The average Bonchev–Trinajstić information content (AvgIpc) is 2.92. The number of rotatable bonds is 4. The Labute approximate surface area is 115 Å². The van der Waals surface area contributed by atoms with Crippen LogP contribution in [0.1, 0.15) is 11.4 Å². The summed E-state index contributed by atoms with van der Waals surface area (Å²) in [6, 6.07) is 7.31. The Kier molecular flexibility index (Phi) is 3.26. The minimum Gasteiger partial charge on any atom is -0.473 e. The first-order chi connectivity index (χ1) is 9.74. The van der Waals surface area contributed by atoms with Gasteiger partial charge in [0.2, 0.25) is 12.7 Å². The van der Waals surface area contributed by atoms with Crippen LogP contribution in [0, 0.1) is 6.92 Å². The number of hydrogen-bond donors (Lipinski definition) is 2. The second kappa shape index (κ2) is 5.22. The van der Waals surface area contributed by atoms with Crippen LogP contribution in [0.5, 0.6) is 17.4 Å². The lowest BCUT2D eigenvalue weighted by Crippen LogP contribution is -2.10. The molecule has 1 aliphatic rings. The van der Waals surface area contributed by atoms with Crippen molar-refractivity contribution in [2.75, 3.05) is 12.2 Å². The number of ether oxygens (including phenoxy) is 3. The molecule has 3 N–H and O–H groups in total. The number of hydrogen-bond acceptors (Lipinski definition) is 7. The lowest BCUT2D eigenvalue weighted by atomic mass is 10.2. The van der Waals surface area contributed by atoms with Gasteiger partial charge < -0.3 is 19.6 Å². The summed E-state index contributed by atoms with van der Waals surface area (Å²) in [6.45, 7) is 2.40. The molecule has 0 amide bonds. The maximum atomic E-state index is 5.63. The van der Waals surface area contributed by atoms with Crippen molar-refractivity contribution in [2.45, 2.75) is 13.5 Å². The number of nitrogens with two attached hydrogens (primary N) is 1. The minimum absolute atomic E-state index is 0.260. The van der Waals surface area contributed by atoms with Gasteiger partial charge in [-0.2, -0.15) is 4.98 Å². The van der Waals surface area contributed by atoms with Gasteiger partial charge in [0.15, 0.2) is 11.5 Å². The molecule has 0 saturated carbocycles. The molecule has 1 aromatic heterocycles. The number of nitrogen functional groups attached to an aromatic ring is 1. The Morgan fingerprint density at radius 1 is 1.25 bits per heavy atom. The van der Waals surface area contributed by atoms with E-state index < -0.39 is 0 Å². The zero-order chi connectivity index (χ0) is 13.9. The highest BCUT2D eigenvalue weighted by Gasteiger charge is 2.13. The fourth-order valence-corrected chi connectivity index (χ4v) is 1.88. The first-order valence-electron chi connectivity index (χ1n) is 6.08. The number of nitrogens with one attached hydrogen (secondary N) is 1. The fourth-order valence-electron chi connectivity index (χ4n) is 1.88. The molecule has 1 aliphatic heterocycles. The minimum atomic E-state index is 0.260. The molecule has 0 atom stereocenters. The van der Waals surface area contributed by atoms with E-state index in [1.807, 2.05) is 18.2 Å². The number of aromatic nitrogens is 2. The Balaban J connectivity index is 1.71. The van der Waals surface area contributed by atoms with E-state index in [0.29, 0.717) is 24.1 Å². The Bertz CT molecular complexity index is 633. The van der Waals surface area contributed by atoms with E-state index in [0.717, 1.165) is 17.1 Å². The predicted octanol–water partition coefficient (Wildman–Crippen LogP) is 1.38. The monoisotopic (exact) mass is 274 g/mol. The van der Waals surface area contributed by atoms with Crippen LogP contribution in [-0.4, -0.2) is 16.8 Å². The number of hydrazine groups is 1. The molecule has 0 unspecified atom stereocenters. The van der Waals surface area contributed by atoms with E-state index in [4.69, 9.17) is 20.1 Å². The maximum absolute atomic E-state index is 5.63. The summed E-state index contributed by atoms with van der Waals surface area (Å²) < 4.78 is 16.2. The number of fused-ring (bicyclic) bond motifs is 1. The topological polar surface area (TPSA) is 91.5 Å². The number of anilines is 1. The van der Waals surface area contributed by atoms with Gasteiger partial charge in [0.05, 0.1) is 0 Å². The van der Waals surface area contributed by atoms with E-state index in [1.165, 1.54) is 0 Å². The highest BCUT2D eigenvalue weighted by Crippen LogP contribution is 2.32. The number of benzene rings is 1. The van der Waals surface area contributed by atoms with Gasteiger partial charge in [0.25, 0.3) is 0 Å². The third-order valence-electron chi connectivity index (χ3n) is 2.79. The van der Waals surface area contributed by atoms with Crippen LogP contribution in [-0.2, 0) is 6.61 Å². The molecule has 0 fully saturated rings. The van der Waals surface area contributed by atoms with E-state index in [-0.39, 0.29) is 6.79 Å². The van der Waals surface area contributed by atoms with Gasteiger partial charge in [-0.1, -0.05) is 6.07 Å².